The highest BCUT2D eigenvalue weighted by Crippen LogP contribution is 2.25. The van der Waals surface area contributed by atoms with Gasteiger partial charge in [0.15, 0.2) is 5.65 Å². The molecular formula is C19H14N6O3S3. The molecule has 0 aliphatic heterocycles. The minimum Gasteiger partial charge on any atom is -0.307 e. The van der Waals surface area contributed by atoms with E-state index in [0.29, 0.717) is 17.0 Å². The standard InChI is InChI=1S/C19H14N6O3S3/c1-29-18-9-13(11-30-18)19(26)22-15-8-12(14(10-21-15)31(20,27)28)5-6-17-24-23-16-4-2-3-7-25(16)17/h2-4,7-11H,1H3,(H2,20,27,28)(H,21,22,26). The summed E-state index contributed by atoms with van der Waals surface area (Å²) in [6.07, 6.45) is 4.73. The third kappa shape index (κ3) is 4.59. The van der Waals surface area contributed by atoms with Crippen LogP contribution in [-0.2, 0) is 10.0 Å². The highest BCUT2D eigenvalue weighted by molar-refractivity contribution is 8.00. The van der Waals surface area contributed by atoms with Crippen molar-refractivity contribution in [3.63, 3.8) is 0 Å². The summed E-state index contributed by atoms with van der Waals surface area (Å²) in [6.45, 7) is 0. The second-order valence-electron chi connectivity index (χ2n) is 6.13. The average molecular weight is 471 g/mol. The van der Waals surface area contributed by atoms with Gasteiger partial charge in [0.05, 0.1) is 21.5 Å². The molecule has 0 bridgehead atoms. The lowest BCUT2D eigenvalue weighted by Crippen LogP contribution is -2.16. The van der Waals surface area contributed by atoms with Gasteiger partial charge in [-0.05, 0) is 36.4 Å². The van der Waals surface area contributed by atoms with Gasteiger partial charge in [-0.2, -0.15) is 0 Å². The first-order chi connectivity index (χ1) is 14.8. The number of nitrogens with one attached hydrogen (secondary N) is 1. The lowest BCUT2D eigenvalue weighted by molar-refractivity contribution is 0.102. The molecule has 0 aromatic carbocycles. The molecule has 4 aromatic heterocycles. The third-order valence-electron chi connectivity index (χ3n) is 4.08. The van der Waals surface area contributed by atoms with E-state index in [4.69, 9.17) is 5.14 Å². The molecule has 156 valence electrons. The number of anilines is 1. The zero-order chi connectivity index (χ0) is 22.0. The van der Waals surface area contributed by atoms with Crippen LogP contribution in [0.2, 0.25) is 0 Å². The van der Waals surface area contributed by atoms with Crippen LogP contribution < -0.4 is 10.5 Å². The lowest BCUT2D eigenvalue weighted by atomic mass is 10.2. The van der Waals surface area contributed by atoms with Crippen molar-refractivity contribution in [1.29, 1.82) is 0 Å². The number of thiophene rings is 1. The Bertz CT molecular complexity index is 1460. The fourth-order valence-corrected chi connectivity index (χ4v) is 4.62. The van der Waals surface area contributed by atoms with E-state index in [1.165, 1.54) is 29.2 Å². The first-order valence-electron chi connectivity index (χ1n) is 8.63. The quantitative estimate of drug-likeness (QED) is 0.345. The molecule has 31 heavy (non-hydrogen) atoms. The van der Waals surface area contributed by atoms with Crippen molar-refractivity contribution in [2.24, 2.45) is 5.14 Å². The summed E-state index contributed by atoms with van der Waals surface area (Å²) in [7, 11) is -4.09. The van der Waals surface area contributed by atoms with E-state index < -0.39 is 10.0 Å². The number of amides is 1. The van der Waals surface area contributed by atoms with E-state index in [1.54, 1.807) is 34.2 Å². The fraction of sp³-hybridized carbons (Fsp3) is 0.0526. The molecule has 4 aromatic rings. The highest BCUT2D eigenvalue weighted by atomic mass is 32.2. The Balaban J connectivity index is 1.70. The molecule has 0 spiro atoms. The summed E-state index contributed by atoms with van der Waals surface area (Å²) >= 11 is 2.99. The number of fused-ring (bicyclic) bond motifs is 1. The van der Waals surface area contributed by atoms with Crippen LogP contribution in [-0.4, -0.2) is 40.2 Å². The number of carbonyl (C=O) groups is 1. The molecule has 0 fully saturated rings. The normalized spacial score (nSPS) is 11.2. The van der Waals surface area contributed by atoms with Crippen molar-refractivity contribution in [2.45, 2.75) is 9.10 Å². The monoisotopic (exact) mass is 470 g/mol. The Morgan fingerprint density at radius 3 is 2.84 bits per heavy atom. The minimum atomic E-state index is -4.09. The number of rotatable bonds is 4. The fourth-order valence-electron chi connectivity index (χ4n) is 2.62. The molecule has 0 radical (unpaired) electrons. The third-order valence-corrected chi connectivity index (χ3v) is 7.05. The van der Waals surface area contributed by atoms with Gasteiger partial charge >= 0.3 is 0 Å². The summed E-state index contributed by atoms with van der Waals surface area (Å²) in [4.78, 5) is 16.2. The Morgan fingerprint density at radius 2 is 2.10 bits per heavy atom. The number of pyridine rings is 2. The maximum Gasteiger partial charge on any atom is 0.257 e. The maximum atomic E-state index is 12.5. The average Bonchev–Trinajstić information content (AvgIpc) is 3.39. The van der Waals surface area contributed by atoms with Gasteiger partial charge in [-0.3, -0.25) is 9.20 Å². The summed E-state index contributed by atoms with van der Waals surface area (Å²) in [5.41, 5.74) is 1.16. The zero-order valence-electron chi connectivity index (χ0n) is 15.9. The lowest BCUT2D eigenvalue weighted by Gasteiger charge is -2.06. The van der Waals surface area contributed by atoms with Crippen LogP contribution in [0.25, 0.3) is 5.65 Å². The second-order valence-corrected chi connectivity index (χ2v) is 9.67. The Morgan fingerprint density at radius 1 is 1.26 bits per heavy atom. The van der Waals surface area contributed by atoms with Gasteiger partial charge in [-0.1, -0.05) is 12.0 Å². The number of nitrogens with zero attached hydrogens (tertiary/aromatic N) is 4. The predicted octanol–water partition coefficient (Wildman–Crippen LogP) is 2.21. The van der Waals surface area contributed by atoms with Crippen molar-refractivity contribution in [1.82, 2.24) is 19.6 Å². The van der Waals surface area contributed by atoms with Gasteiger partial charge in [-0.25, -0.2) is 18.5 Å². The van der Waals surface area contributed by atoms with Crippen molar-refractivity contribution in [3.05, 3.63) is 65.1 Å². The van der Waals surface area contributed by atoms with Crippen LogP contribution in [0.5, 0.6) is 0 Å². The number of aromatic nitrogens is 4. The molecule has 0 saturated heterocycles. The van der Waals surface area contributed by atoms with Gasteiger partial charge in [0.25, 0.3) is 5.91 Å². The van der Waals surface area contributed by atoms with E-state index in [0.717, 1.165) is 10.4 Å². The van der Waals surface area contributed by atoms with Gasteiger partial charge in [0.1, 0.15) is 10.7 Å². The number of nitrogens with two attached hydrogens (primary N) is 1. The van der Waals surface area contributed by atoms with Crippen molar-refractivity contribution in [2.75, 3.05) is 11.6 Å². The van der Waals surface area contributed by atoms with Crippen molar-refractivity contribution in [3.8, 4) is 11.8 Å². The van der Waals surface area contributed by atoms with Crippen molar-refractivity contribution < 1.29 is 13.2 Å². The number of primary sulfonamides is 1. The SMILES string of the molecule is CSc1cc(C(=O)Nc2cc(C#Cc3nnc4ccccn34)c(S(N)(=O)=O)cn2)cs1. The molecule has 3 N–H and O–H groups in total. The van der Waals surface area contributed by atoms with E-state index in [-0.39, 0.29) is 22.2 Å². The van der Waals surface area contributed by atoms with Gasteiger partial charge in [0, 0.05) is 11.6 Å². The van der Waals surface area contributed by atoms with E-state index in [2.05, 4.69) is 32.3 Å². The Hall–Kier alpha value is -3.24. The molecule has 9 nitrogen and oxygen atoms in total. The molecular weight excluding hydrogens is 456 g/mol. The summed E-state index contributed by atoms with van der Waals surface area (Å²) in [5.74, 6) is 5.65. The molecule has 0 atom stereocenters. The molecule has 4 rings (SSSR count). The molecule has 12 heteroatoms. The number of hydrogen-bond donors (Lipinski definition) is 2. The first-order valence-corrected chi connectivity index (χ1v) is 12.3. The largest absolute Gasteiger partial charge is 0.307 e. The van der Waals surface area contributed by atoms with Crippen LogP contribution >= 0.6 is 23.1 Å². The Kier molecular flexibility index (Phi) is 5.75. The number of carbonyl (C=O) groups excluding carboxylic acids is 1. The summed E-state index contributed by atoms with van der Waals surface area (Å²) in [6, 6.07) is 8.50. The van der Waals surface area contributed by atoms with Crippen molar-refractivity contribution >= 4 is 50.5 Å². The summed E-state index contributed by atoms with van der Waals surface area (Å²) < 4.78 is 26.6. The Labute approximate surface area is 185 Å². The van der Waals surface area contributed by atoms with Crippen LogP contribution in [0.15, 0.2) is 57.2 Å². The smallest absolute Gasteiger partial charge is 0.257 e. The van der Waals surface area contributed by atoms with Crippen LogP contribution in [0, 0.1) is 11.8 Å². The van der Waals surface area contributed by atoms with Crippen LogP contribution in [0.1, 0.15) is 21.7 Å². The molecule has 0 aliphatic carbocycles. The minimum absolute atomic E-state index is 0.0793. The van der Waals surface area contributed by atoms with Crippen LogP contribution in [0.4, 0.5) is 5.82 Å². The van der Waals surface area contributed by atoms with Gasteiger partial charge in [0.2, 0.25) is 15.8 Å². The number of thioether (sulfide) groups is 1. The molecule has 0 aliphatic rings. The van der Waals surface area contributed by atoms with Gasteiger partial charge < -0.3 is 5.32 Å². The first kappa shape index (κ1) is 21.0. The number of hydrogen-bond acceptors (Lipinski definition) is 8. The van der Waals surface area contributed by atoms with Gasteiger partial charge in [-0.15, -0.1) is 33.3 Å². The maximum absolute atomic E-state index is 12.5. The van der Waals surface area contributed by atoms with E-state index in [1.807, 2.05) is 12.3 Å². The molecule has 0 unspecified atom stereocenters. The molecule has 0 saturated carbocycles. The second kappa shape index (κ2) is 8.48. The molecule has 4 heterocycles. The predicted molar refractivity (Wildman–Crippen MR) is 119 cm³/mol. The number of sulfonamides is 1. The van der Waals surface area contributed by atoms with E-state index in [9.17, 15) is 13.2 Å². The van der Waals surface area contributed by atoms with Crippen LogP contribution in [0.3, 0.4) is 0 Å². The van der Waals surface area contributed by atoms with E-state index >= 15 is 0 Å². The highest BCUT2D eigenvalue weighted by Gasteiger charge is 2.16. The molecule has 1 amide bonds. The summed E-state index contributed by atoms with van der Waals surface area (Å²) in [5, 5.41) is 17.7. The zero-order valence-corrected chi connectivity index (χ0v) is 18.4. The topological polar surface area (TPSA) is 132 Å².